The Balaban J connectivity index is 1.45. The summed E-state index contributed by atoms with van der Waals surface area (Å²) in [5.41, 5.74) is 4.96. The molecule has 0 atom stereocenters. The molecule has 0 aliphatic heterocycles. The highest BCUT2D eigenvalue weighted by atomic mass is 16.5. The third-order valence-corrected chi connectivity index (χ3v) is 4.64. The molecular formula is C23H21N5O2. The number of benzene rings is 2. The molecule has 0 bridgehead atoms. The second-order valence-corrected chi connectivity index (χ2v) is 6.93. The Hall–Kier alpha value is -4.00. The second kappa shape index (κ2) is 8.57. The van der Waals surface area contributed by atoms with Crippen LogP contribution in [0.5, 0.6) is 5.75 Å². The van der Waals surface area contributed by atoms with Gasteiger partial charge in [0.15, 0.2) is 0 Å². The Bertz CT molecular complexity index is 1120. The van der Waals surface area contributed by atoms with Gasteiger partial charge in [-0.05, 0) is 67.4 Å². The average molecular weight is 399 g/mol. The van der Waals surface area contributed by atoms with Crippen LogP contribution in [0.25, 0.3) is 5.69 Å². The molecule has 7 heteroatoms. The summed E-state index contributed by atoms with van der Waals surface area (Å²) in [5.74, 6) is 0.612. The molecule has 7 nitrogen and oxygen atoms in total. The summed E-state index contributed by atoms with van der Waals surface area (Å²) in [7, 11) is 0. The topological polar surface area (TPSA) is 81.9 Å². The highest BCUT2D eigenvalue weighted by molar-refractivity contribution is 6.04. The van der Waals surface area contributed by atoms with Crippen LogP contribution in [0.1, 0.15) is 27.0 Å². The maximum Gasteiger partial charge on any atom is 0.255 e. The van der Waals surface area contributed by atoms with Gasteiger partial charge in [0.1, 0.15) is 25.0 Å². The van der Waals surface area contributed by atoms with Crippen LogP contribution >= 0.6 is 0 Å². The molecule has 0 saturated heterocycles. The van der Waals surface area contributed by atoms with Crippen molar-refractivity contribution in [3.63, 3.8) is 0 Å². The van der Waals surface area contributed by atoms with Gasteiger partial charge < -0.3 is 10.1 Å². The number of carbonyl (C=O) groups excluding carboxylic acids is 1. The molecule has 0 radical (unpaired) electrons. The van der Waals surface area contributed by atoms with E-state index in [-0.39, 0.29) is 5.91 Å². The first kappa shape index (κ1) is 19.3. The van der Waals surface area contributed by atoms with Crippen LogP contribution in [0.3, 0.4) is 0 Å². The number of nitrogens with zero attached hydrogens (tertiary/aromatic N) is 4. The fourth-order valence-corrected chi connectivity index (χ4v) is 3.19. The van der Waals surface area contributed by atoms with Gasteiger partial charge in [0, 0.05) is 29.2 Å². The molecule has 150 valence electrons. The van der Waals surface area contributed by atoms with Gasteiger partial charge in [0.25, 0.3) is 5.91 Å². The number of nitrogens with one attached hydrogen (secondary N) is 1. The molecule has 0 fully saturated rings. The number of aryl methyl sites for hydroxylation is 2. The molecule has 2 aromatic carbocycles. The number of carbonyl (C=O) groups is 1. The summed E-state index contributed by atoms with van der Waals surface area (Å²) in [6.45, 7) is 4.31. The highest BCUT2D eigenvalue weighted by Gasteiger charge is 2.12. The van der Waals surface area contributed by atoms with Crippen molar-refractivity contribution < 1.29 is 9.53 Å². The minimum absolute atomic E-state index is 0.173. The number of pyridine rings is 1. The van der Waals surface area contributed by atoms with Gasteiger partial charge in [-0.1, -0.05) is 6.07 Å². The largest absolute Gasteiger partial charge is 0.488 e. The SMILES string of the molecule is Cc1cc(C(=O)Nc2ccc(-n3cncn3)cc2)cc(C)c1OCc1cccnc1. The predicted octanol–water partition coefficient (Wildman–Crippen LogP) is 4.11. The molecular weight excluding hydrogens is 378 g/mol. The standard InChI is InChI=1S/C23H21N5O2/c1-16-10-19(11-17(2)22(16)30-13-18-4-3-9-24-12-18)23(29)27-20-5-7-21(8-6-20)28-15-25-14-26-28/h3-12,14-15H,13H2,1-2H3,(H,27,29). The summed E-state index contributed by atoms with van der Waals surface area (Å²) < 4.78 is 7.63. The van der Waals surface area contributed by atoms with E-state index < -0.39 is 0 Å². The Morgan fingerprint density at radius 2 is 1.83 bits per heavy atom. The van der Waals surface area contributed by atoms with E-state index in [1.807, 2.05) is 62.4 Å². The van der Waals surface area contributed by atoms with E-state index >= 15 is 0 Å². The van der Waals surface area contributed by atoms with Crippen LogP contribution in [0.15, 0.2) is 73.6 Å². The molecule has 4 aromatic rings. The van der Waals surface area contributed by atoms with E-state index in [1.54, 1.807) is 23.4 Å². The normalized spacial score (nSPS) is 10.6. The number of hydrogen-bond acceptors (Lipinski definition) is 5. The maximum absolute atomic E-state index is 12.7. The lowest BCUT2D eigenvalue weighted by Crippen LogP contribution is -2.13. The zero-order valence-electron chi connectivity index (χ0n) is 16.7. The number of hydrogen-bond donors (Lipinski definition) is 1. The number of ether oxygens (including phenoxy) is 1. The van der Waals surface area contributed by atoms with Crippen molar-refractivity contribution in [1.82, 2.24) is 19.7 Å². The van der Waals surface area contributed by atoms with E-state index in [9.17, 15) is 4.79 Å². The van der Waals surface area contributed by atoms with Crippen LogP contribution in [-0.4, -0.2) is 25.7 Å². The van der Waals surface area contributed by atoms with Gasteiger partial charge in [-0.25, -0.2) is 9.67 Å². The van der Waals surface area contributed by atoms with E-state index in [4.69, 9.17) is 4.74 Å². The van der Waals surface area contributed by atoms with Crippen LogP contribution < -0.4 is 10.1 Å². The third-order valence-electron chi connectivity index (χ3n) is 4.64. The fourth-order valence-electron chi connectivity index (χ4n) is 3.19. The lowest BCUT2D eigenvalue weighted by Gasteiger charge is -2.14. The van der Waals surface area contributed by atoms with Crippen LogP contribution in [0.4, 0.5) is 5.69 Å². The first-order chi connectivity index (χ1) is 14.6. The highest BCUT2D eigenvalue weighted by Crippen LogP contribution is 2.26. The molecule has 4 rings (SSSR count). The van der Waals surface area contributed by atoms with Gasteiger partial charge >= 0.3 is 0 Å². The van der Waals surface area contributed by atoms with E-state index in [0.717, 1.165) is 28.1 Å². The Morgan fingerprint density at radius 1 is 1.07 bits per heavy atom. The summed E-state index contributed by atoms with van der Waals surface area (Å²) >= 11 is 0. The fraction of sp³-hybridized carbons (Fsp3) is 0.130. The van der Waals surface area contributed by atoms with Gasteiger partial charge in [0.05, 0.1) is 5.69 Å². The minimum Gasteiger partial charge on any atom is -0.488 e. The lowest BCUT2D eigenvalue weighted by molar-refractivity contribution is 0.102. The number of amides is 1. The van der Waals surface area contributed by atoms with Crippen LogP contribution in [-0.2, 0) is 6.61 Å². The quantitative estimate of drug-likeness (QED) is 0.528. The minimum atomic E-state index is -0.173. The van der Waals surface area contributed by atoms with Crippen molar-refractivity contribution in [2.24, 2.45) is 0 Å². The van der Waals surface area contributed by atoms with E-state index in [2.05, 4.69) is 20.4 Å². The van der Waals surface area contributed by atoms with Crippen molar-refractivity contribution in [1.29, 1.82) is 0 Å². The smallest absolute Gasteiger partial charge is 0.255 e. The van der Waals surface area contributed by atoms with Crippen molar-refractivity contribution in [3.8, 4) is 11.4 Å². The van der Waals surface area contributed by atoms with Crippen molar-refractivity contribution >= 4 is 11.6 Å². The Morgan fingerprint density at radius 3 is 2.47 bits per heavy atom. The Labute approximate surface area is 174 Å². The van der Waals surface area contributed by atoms with Crippen LogP contribution in [0, 0.1) is 13.8 Å². The van der Waals surface area contributed by atoms with E-state index in [0.29, 0.717) is 17.9 Å². The zero-order chi connectivity index (χ0) is 20.9. The monoisotopic (exact) mass is 399 g/mol. The summed E-state index contributed by atoms with van der Waals surface area (Å²) in [6, 6.07) is 14.9. The summed E-state index contributed by atoms with van der Waals surface area (Å²) in [6.07, 6.45) is 6.61. The second-order valence-electron chi connectivity index (χ2n) is 6.93. The third kappa shape index (κ3) is 4.35. The van der Waals surface area contributed by atoms with Crippen molar-refractivity contribution in [2.75, 3.05) is 5.32 Å². The predicted molar refractivity (Wildman–Crippen MR) is 114 cm³/mol. The van der Waals surface area contributed by atoms with Gasteiger partial charge in [0.2, 0.25) is 0 Å². The molecule has 1 N–H and O–H groups in total. The number of anilines is 1. The lowest BCUT2D eigenvalue weighted by atomic mass is 10.0. The van der Waals surface area contributed by atoms with E-state index in [1.165, 1.54) is 6.33 Å². The first-order valence-corrected chi connectivity index (χ1v) is 9.49. The summed E-state index contributed by atoms with van der Waals surface area (Å²) in [4.78, 5) is 20.8. The molecule has 30 heavy (non-hydrogen) atoms. The van der Waals surface area contributed by atoms with Gasteiger partial charge in [-0.2, -0.15) is 5.10 Å². The van der Waals surface area contributed by atoms with Gasteiger partial charge in [-0.3, -0.25) is 9.78 Å². The van der Waals surface area contributed by atoms with Crippen LogP contribution in [0.2, 0.25) is 0 Å². The Kier molecular flexibility index (Phi) is 5.52. The zero-order valence-corrected chi connectivity index (χ0v) is 16.7. The molecule has 1 amide bonds. The molecule has 0 saturated carbocycles. The summed E-state index contributed by atoms with van der Waals surface area (Å²) in [5, 5.41) is 7.02. The molecule has 2 aromatic heterocycles. The number of rotatable bonds is 6. The molecule has 0 unspecified atom stereocenters. The maximum atomic E-state index is 12.7. The van der Waals surface area contributed by atoms with Crippen molar-refractivity contribution in [2.45, 2.75) is 20.5 Å². The molecule has 2 heterocycles. The van der Waals surface area contributed by atoms with Crippen molar-refractivity contribution in [3.05, 3.63) is 95.8 Å². The molecule has 0 spiro atoms. The first-order valence-electron chi connectivity index (χ1n) is 9.49. The molecule has 0 aliphatic rings. The average Bonchev–Trinajstić information content (AvgIpc) is 3.29. The number of aromatic nitrogens is 4. The van der Waals surface area contributed by atoms with Gasteiger partial charge in [-0.15, -0.1) is 0 Å². The molecule has 0 aliphatic carbocycles.